The van der Waals surface area contributed by atoms with E-state index in [1.165, 1.54) is 0 Å². The smallest absolute Gasteiger partial charge is 0.330 e. The van der Waals surface area contributed by atoms with Gasteiger partial charge < -0.3 is 4.84 Å². The first-order valence-electron chi connectivity index (χ1n) is 6.01. The number of allylic oxidation sites excluding steroid dienone is 4. The molecule has 96 valence electrons. The van der Waals surface area contributed by atoms with Crippen LogP contribution in [-0.4, -0.2) is 22.8 Å². The van der Waals surface area contributed by atoms with E-state index in [4.69, 9.17) is 4.84 Å². The SMILES string of the molecule is CC(CC(=O)ON1C(=O)CCC1=O)C1=CCC=C1. The molecule has 1 aliphatic carbocycles. The first-order chi connectivity index (χ1) is 8.58. The Hall–Kier alpha value is -1.91. The summed E-state index contributed by atoms with van der Waals surface area (Å²) in [5.74, 6) is -1.40. The largest absolute Gasteiger partial charge is 0.333 e. The van der Waals surface area contributed by atoms with E-state index in [-0.39, 0.29) is 25.2 Å². The second kappa shape index (κ2) is 5.16. The molecule has 1 aliphatic heterocycles. The van der Waals surface area contributed by atoms with Crippen molar-refractivity contribution >= 4 is 17.8 Å². The van der Waals surface area contributed by atoms with Crippen molar-refractivity contribution in [2.24, 2.45) is 5.92 Å². The molecular formula is C13H15NO4. The number of carbonyl (C=O) groups is 3. The third kappa shape index (κ3) is 2.67. The maximum absolute atomic E-state index is 11.6. The molecule has 5 heteroatoms. The Morgan fingerprint density at radius 3 is 2.61 bits per heavy atom. The van der Waals surface area contributed by atoms with Crippen molar-refractivity contribution in [3.05, 3.63) is 23.8 Å². The van der Waals surface area contributed by atoms with Crippen molar-refractivity contribution in [3.8, 4) is 0 Å². The number of amides is 2. The van der Waals surface area contributed by atoms with Crippen LogP contribution in [0.5, 0.6) is 0 Å². The molecule has 1 fully saturated rings. The van der Waals surface area contributed by atoms with Gasteiger partial charge >= 0.3 is 5.97 Å². The Morgan fingerprint density at radius 2 is 2.06 bits per heavy atom. The van der Waals surface area contributed by atoms with Crippen molar-refractivity contribution in [1.29, 1.82) is 0 Å². The van der Waals surface area contributed by atoms with Crippen molar-refractivity contribution in [2.45, 2.75) is 32.6 Å². The van der Waals surface area contributed by atoms with Crippen LogP contribution in [0.25, 0.3) is 0 Å². The number of hydroxylamine groups is 2. The molecule has 0 N–H and O–H groups in total. The zero-order chi connectivity index (χ0) is 13.1. The van der Waals surface area contributed by atoms with E-state index in [0.717, 1.165) is 12.0 Å². The number of hydrogen-bond donors (Lipinski definition) is 0. The quantitative estimate of drug-likeness (QED) is 0.708. The van der Waals surface area contributed by atoms with Crippen LogP contribution in [0.2, 0.25) is 0 Å². The molecule has 0 spiro atoms. The second-order valence-electron chi connectivity index (χ2n) is 4.49. The summed E-state index contributed by atoms with van der Waals surface area (Å²) < 4.78 is 0. The van der Waals surface area contributed by atoms with Gasteiger partial charge in [-0.1, -0.05) is 25.2 Å². The van der Waals surface area contributed by atoms with Gasteiger partial charge in [0.25, 0.3) is 11.8 Å². The molecular weight excluding hydrogens is 234 g/mol. The topological polar surface area (TPSA) is 63.7 Å². The van der Waals surface area contributed by atoms with E-state index in [0.29, 0.717) is 5.06 Å². The molecule has 1 atom stereocenters. The number of carbonyl (C=O) groups excluding carboxylic acids is 3. The minimum absolute atomic E-state index is 0.0315. The molecule has 5 nitrogen and oxygen atoms in total. The fourth-order valence-electron chi connectivity index (χ4n) is 2.01. The van der Waals surface area contributed by atoms with Crippen LogP contribution in [0, 0.1) is 5.92 Å². The summed E-state index contributed by atoms with van der Waals surface area (Å²) in [6.07, 6.45) is 7.33. The normalized spacial score (nSPS) is 20.3. The van der Waals surface area contributed by atoms with E-state index < -0.39 is 17.8 Å². The summed E-state index contributed by atoms with van der Waals surface area (Å²) in [4.78, 5) is 39.0. The monoisotopic (exact) mass is 249 g/mol. The van der Waals surface area contributed by atoms with Crippen LogP contribution < -0.4 is 0 Å². The second-order valence-corrected chi connectivity index (χ2v) is 4.49. The molecule has 0 saturated carbocycles. The number of rotatable bonds is 4. The molecule has 0 bridgehead atoms. The molecule has 2 rings (SSSR count). The minimum atomic E-state index is -0.549. The predicted octanol–water partition coefficient (Wildman–Crippen LogP) is 1.51. The highest BCUT2D eigenvalue weighted by Gasteiger charge is 2.33. The maximum Gasteiger partial charge on any atom is 0.333 e. The molecule has 1 heterocycles. The molecule has 0 radical (unpaired) electrons. The van der Waals surface area contributed by atoms with Crippen molar-refractivity contribution in [3.63, 3.8) is 0 Å². The van der Waals surface area contributed by atoms with Gasteiger partial charge in [0, 0.05) is 12.8 Å². The zero-order valence-electron chi connectivity index (χ0n) is 10.2. The van der Waals surface area contributed by atoms with Gasteiger partial charge in [-0.3, -0.25) is 9.59 Å². The van der Waals surface area contributed by atoms with Crippen molar-refractivity contribution < 1.29 is 19.2 Å². The van der Waals surface area contributed by atoms with Crippen LogP contribution in [0.3, 0.4) is 0 Å². The van der Waals surface area contributed by atoms with Crippen LogP contribution in [-0.2, 0) is 19.2 Å². The lowest BCUT2D eigenvalue weighted by Gasteiger charge is -2.15. The molecule has 0 aromatic rings. The Kier molecular flexibility index (Phi) is 3.60. The summed E-state index contributed by atoms with van der Waals surface area (Å²) in [7, 11) is 0. The Balaban J connectivity index is 1.87. The molecule has 1 saturated heterocycles. The van der Waals surface area contributed by atoms with Gasteiger partial charge in [-0.05, 0) is 17.9 Å². The van der Waals surface area contributed by atoms with E-state index in [1.54, 1.807) is 0 Å². The third-order valence-electron chi connectivity index (χ3n) is 3.04. The number of imide groups is 1. The van der Waals surface area contributed by atoms with Gasteiger partial charge in [0.1, 0.15) is 0 Å². The van der Waals surface area contributed by atoms with Gasteiger partial charge in [0.05, 0.1) is 6.42 Å². The molecule has 2 aliphatic rings. The fourth-order valence-corrected chi connectivity index (χ4v) is 2.01. The summed E-state index contributed by atoms with van der Waals surface area (Å²) in [6, 6.07) is 0. The summed E-state index contributed by atoms with van der Waals surface area (Å²) in [6.45, 7) is 1.91. The van der Waals surface area contributed by atoms with Gasteiger partial charge in [-0.2, -0.15) is 0 Å². The van der Waals surface area contributed by atoms with Gasteiger partial charge in [0.2, 0.25) is 0 Å². The third-order valence-corrected chi connectivity index (χ3v) is 3.04. The molecule has 0 aromatic carbocycles. The first-order valence-corrected chi connectivity index (χ1v) is 6.01. The predicted molar refractivity (Wildman–Crippen MR) is 62.8 cm³/mol. The molecule has 18 heavy (non-hydrogen) atoms. The van der Waals surface area contributed by atoms with E-state index >= 15 is 0 Å². The van der Waals surface area contributed by atoms with Crippen LogP contribution in [0.15, 0.2) is 23.8 Å². The van der Waals surface area contributed by atoms with E-state index in [1.807, 2.05) is 25.2 Å². The number of hydrogen-bond acceptors (Lipinski definition) is 4. The Morgan fingerprint density at radius 1 is 1.39 bits per heavy atom. The average molecular weight is 249 g/mol. The number of nitrogens with zero attached hydrogens (tertiary/aromatic N) is 1. The molecule has 2 amide bonds. The van der Waals surface area contributed by atoms with Crippen molar-refractivity contribution in [2.75, 3.05) is 0 Å². The Bertz CT molecular complexity index is 434. The minimum Gasteiger partial charge on any atom is -0.330 e. The lowest BCUT2D eigenvalue weighted by molar-refractivity contribution is -0.197. The summed E-state index contributed by atoms with van der Waals surface area (Å²) in [5.41, 5.74) is 1.09. The maximum atomic E-state index is 11.6. The van der Waals surface area contributed by atoms with Crippen LogP contribution in [0.4, 0.5) is 0 Å². The summed E-state index contributed by atoms with van der Waals surface area (Å²) in [5, 5.41) is 0.591. The highest BCUT2D eigenvalue weighted by Crippen LogP contribution is 2.22. The molecule has 0 aromatic heterocycles. The van der Waals surface area contributed by atoms with E-state index in [2.05, 4.69) is 0 Å². The zero-order valence-corrected chi connectivity index (χ0v) is 10.2. The van der Waals surface area contributed by atoms with Crippen molar-refractivity contribution in [1.82, 2.24) is 5.06 Å². The lowest BCUT2D eigenvalue weighted by atomic mass is 9.99. The van der Waals surface area contributed by atoms with Crippen LogP contribution >= 0.6 is 0 Å². The highest BCUT2D eigenvalue weighted by molar-refractivity contribution is 6.01. The standard InChI is InChI=1S/C13H15NO4/c1-9(10-4-2-3-5-10)8-13(17)18-14-11(15)6-7-12(14)16/h2,4-5,9H,3,6-8H2,1H3. The van der Waals surface area contributed by atoms with Gasteiger partial charge in [0.15, 0.2) is 0 Å². The van der Waals surface area contributed by atoms with E-state index in [9.17, 15) is 14.4 Å². The fraction of sp³-hybridized carbons (Fsp3) is 0.462. The highest BCUT2D eigenvalue weighted by atomic mass is 16.7. The van der Waals surface area contributed by atoms with Gasteiger partial charge in [-0.15, -0.1) is 5.06 Å². The molecule has 1 unspecified atom stereocenters. The lowest BCUT2D eigenvalue weighted by Crippen LogP contribution is -2.32. The van der Waals surface area contributed by atoms with Gasteiger partial charge in [-0.25, -0.2) is 4.79 Å². The first kappa shape index (κ1) is 12.5. The summed E-state index contributed by atoms with van der Waals surface area (Å²) >= 11 is 0. The van der Waals surface area contributed by atoms with Crippen LogP contribution in [0.1, 0.15) is 32.6 Å². The Labute approximate surface area is 105 Å². The average Bonchev–Trinajstić information content (AvgIpc) is 2.94.